The lowest BCUT2D eigenvalue weighted by Gasteiger charge is -2.22. The van der Waals surface area contributed by atoms with Gasteiger partial charge < -0.3 is 19.2 Å². The van der Waals surface area contributed by atoms with Crippen LogP contribution in [0.15, 0.2) is 18.2 Å². The number of carbonyl (C=O) groups excluding carboxylic acids is 1. The zero-order valence-corrected chi connectivity index (χ0v) is 13.7. The second-order valence-electron chi connectivity index (χ2n) is 5.79. The molecule has 3 rings (SSSR count). The SMILES string of the molecule is CCOC(=O)c1[nH]c2cccc(COC3CCCCO3)c2c1C. The van der Waals surface area contributed by atoms with Gasteiger partial charge in [-0.2, -0.15) is 0 Å². The van der Waals surface area contributed by atoms with E-state index in [0.29, 0.717) is 18.9 Å². The van der Waals surface area contributed by atoms with Crippen molar-refractivity contribution in [2.75, 3.05) is 13.2 Å². The third kappa shape index (κ3) is 3.41. The minimum Gasteiger partial charge on any atom is -0.461 e. The maximum Gasteiger partial charge on any atom is 0.355 e. The predicted octanol–water partition coefficient (Wildman–Crippen LogP) is 3.70. The average molecular weight is 317 g/mol. The summed E-state index contributed by atoms with van der Waals surface area (Å²) < 4.78 is 16.6. The molecule has 0 saturated carbocycles. The molecule has 2 heterocycles. The van der Waals surface area contributed by atoms with E-state index in [2.05, 4.69) is 4.98 Å². The lowest BCUT2D eigenvalue weighted by atomic mass is 10.1. The highest BCUT2D eigenvalue weighted by atomic mass is 16.7. The van der Waals surface area contributed by atoms with Crippen molar-refractivity contribution in [3.63, 3.8) is 0 Å². The zero-order valence-electron chi connectivity index (χ0n) is 13.7. The van der Waals surface area contributed by atoms with Crippen LogP contribution in [0.25, 0.3) is 10.9 Å². The number of esters is 1. The van der Waals surface area contributed by atoms with E-state index in [1.54, 1.807) is 6.92 Å². The van der Waals surface area contributed by atoms with Crippen molar-refractivity contribution in [3.05, 3.63) is 35.0 Å². The van der Waals surface area contributed by atoms with Crippen molar-refractivity contribution in [1.29, 1.82) is 0 Å². The fourth-order valence-corrected chi connectivity index (χ4v) is 3.05. The first-order valence-corrected chi connectivity index (χ1v) is 8.21. The third-order valence-corrected chi connectivity index (χ3v) is 4.20. The number of carbonyl (C=O) groups is 1. The van der Waals surface area contributed by atoms with Gasteiger partial charge in [0.05, 0.1) is 13.2 Å². The number of H-pyrrole nitrogens is 1. The van der Waals surface area contributed by atoms with Gasteiger partial charge in [0.2, 0.25) is 0 Å². The summed E-state index contributed by atoms with van der Waals surface area (Å²) in [5.41, 5.74) is 3.41. The number of fused-ring (bicyclic) bond motifs is 1. The van der Waals surface area contributed by atoms with E-state index in [1.165, 1.54) is 0 Å². The molecule has 23 heavy (non-hydrogen) atoms. The van der Waals surface area contributed by atoms with Gasteiger partial charge in [-0.15, -0.1) is 0 Å². The molecular weight excluding hydrogens is 294 g/mol. The molecule has 1 aliphatic heterocycles. The topological polar surface area (TPSA) is 60.6 Å². The normalized spacial score (nSPS) is 18.3. The van der Waals surface area contributed by atoms with Crippen molar-refractivity contribution in [2.45, 2.75) is 46.0 Å². The van der Waals surface area contributed by atoms with Gasteiger partial charge in [-0.1, -0.05) is 12.1 Å². The van der Waals surface area contributed by atoms with Gasteiger partial charge in [0.25, 0.3) is 0 Å². The van der Waals surface area contributed by atoms with Crippen LogP contribution in [0.3, 0.4) is 0 Å². The van der Waals surface area contributed by atoms with E-state index in [1.807, 2.05) is 25.1 Å². The van der Waals surface area contributed by atoms with E-state index < -0.39 is 0 Å². The van der Waals surface area contributed by atoms with Crippen molar-refractivity contribution in [3.8, 4) is 0 Å². The van der Waals surface area contributed by atoms with E-state index >= 15 is 0 Å². The average Bonchev–Trinajstić information content (AvgIpc) is 2.92. The first-order chi connectivity index (χ1) is 11.2. The highest BCUT2D eigenvalue weighted by molar-refractivity contribution is 5.99. The van der Waals surface area contributed by atoms with Gasteiger partial charge in [-0.25, -0.2) is 4.79 Å². The van der Waals surface area contributed by atoms with Crippen molar-refractivity contribution >= 4 is 16.9 Å². The molecule has 0 bridgehead atoms. The molecule has 1 aliphatic rings. The van der Waals surface area contributed by atoms with Crippen LogP contribution < -0.4 is 0 Å². The number of aromatic amines is 1. The number of ether oxygens (including phenoxy) is 3. The molecule has 0 radical (unpaired) electrons. The van der Waals surface area contributed by atoms with Crippen LogP contribution in [0.1, 0.15) is 47.8 Å². The largest absolute Gasteiger partial charge is 0.461 e. The van der Waals surface area contributed by atoms with Crippen LogP contribution in [0.2, 0.25) is 0 Å². The summed E-state index contributed by atoms with van der Waals surface area (Å²) in [6.45, 7) is 5.35. The summed E-state index contributed by atoms with van der Waals surface area (Å²) in [5, 5.41) is 1.03. The minimum absolute atomic E-state index is 0.122. The van der Waals surface area contributed by atoms with Crippen LogP contribution in [-0.2, 0) is 20.8 Å². The number of benzene rings is 1. The van der Waals surface area contributed by atoms with E-state index in [4.69, 9.17) is 14.2 Å². The first-order valence-electron chi connectivity index (χ1n) is 8.21. The van der Waals surface area contributed by atoms with E-state index in [-0.39, 0.29) is 12.3 Å². The summed E-state index contributed by atoms with van der Waals surface area (Å²) in [4.78, 5) is 15.2. The number of hydrogen-bond donors (Lipinski definition) is 1. The van der Waals surface area contributed by atoms with E-state index in [9.17, 15) is 4.79 Å². The molecule has 1 saturated heterocycles. The van der Waals surface area contributed by atoms with Crippen LogP contribution in [0.4, 0.5) is 0 Å². The molecule has 1 aromatic carbocycles. The number of rotatable bonds is 5. The predicted molar refractivity (Wildman–Crippen MR) is 87.4 cm³/mol. The molecule has 1 atom stereocenters. The summed E-state index contributed by atoms with van der Waals surface area (Å²) in [6, 6.07) is 5.96. The number of hydrogen-bond acceptors (Lipinski definition) is 4. The van der Waals surface area contributed by atoms with Crippen LogP contribution in [0.5, 0.6) is 0 Å². The lowest BCUT2D eigenvalue weighted by molar-refractivity contribution is -0.168. The number of aryl methyl sites for hydroxylation is 1. The molecule has 1 unspecified atom stereocenters. The van der Waals surface area contributed by atoms with Gasteiger partial charge in [-0.05, 0) is 50.3 Å². The Labute approximate surface area is 135 Å². The fourth-order valence-electron chi connectivity index (χ4n) is 3.05. The smallest absolute Gasteiger partial charge is 0.355 e. The van der Waals surface area contributed by atoms with E-state index in [0.717, 1.165) is 47.9 Å². The number of aromatic nitrogens is 1. The Hall–Kier alpha value is -1.85. The Kier molecular flexibility index (Phi) is 4.98. The van der Waals surface area contributed by atoms with Gasteiger partial charge in [0.15, 0.2) is 6.29 Å². The Balaban J connectivity index is 1.84. The summed E-state index contributed by atoms with van der Waals surface area (Å²) in [5.74, 6) is -0.316. The molecule has 1 fully saturated rings. The Morgan fingerprint density at radius 2 is 2.26 bits per heavy atom. The molecule has 1 aromatic heterocycles. The first kappa shape index (κ1) is 16.0. The Morgan fingerprint density at radius 1 is 1.39 bits per heavy atom. The summed E-state index contributed by atoms with van der Waals surface area (Å²) >= 11 is 0. The van der Waals surface area contributed by atoms with Crippen molar-refractivity contribution in [2.24, 2.45) is 0 Å². The van der Waals surface area contributed by atoms with Gasteiger partial charge >= 0.3 is 5.97 Å². The fraction of sp³-hybridized carbons (Fsp3) is 0.500. The van der Waals surface area contributed by atoms with Gasteiger partial charge in [0, 0.05) is 17.5 Å². The highest BCUT2D eigenvalue weighted by Gasteiger charge is 2.19. The molecule has 5 heteroatoms. The maximum absolute atomic E-state index is 12.0. The zero-order chi connectivity index (χ0) is 16.2. The van der Waals surface area contributed by atoms with Gasteiger partial charge in [0.1, 0.15) is 5.69 Å². The monoisotopic (exact) mass is 317 g/mol. The minimum atomic E-state index is -0.316. The van der Waals surface area contributed by atoms with Crippen molar-refractivity contribution in [1.82, 2.24) is 4.98 Å². The molecule has 1 N–H and O–H groups in total. The van der Waals surface area contributed by atoms with Crippen LogP contribution in [0, 0.1) is 6.92 Å². The van der Waals surface area contributed by atoms with Gasteiger partial charge in [-0.3, -0.25) is 0 Å². The molecule has 0 amide bonds. The third-order valence-electron chi connectivity index (χ3n) is 4.20. The van der Waals surface area contributed by atoms with Crippen LogP contribution >= 0.6 is 0 Å². The highest BCUT2D eigenvalue weighted by Crippen LogP contribution is 2.27. The lowest BCUT2D eigenvalue weighted by Crippen LogP contribution is -2.22. The quantitative estimate of drug-likeness (QED) is 0.854. The molecule has 0 spiro atoms. The molecule has 2 aromatic rings. The molecule has 124 valence electrons. The second-order valence-corrected chi connectivity index (χ2v) is 5.79. The molecule has 5 nitrogen and oxygen atoms in total. The second kappa shape index (κ2) is 7.15. The maximum atomic E-state index is 12.0. The Bertz CT molecular complexity index is 686. The molecule has 0 aliphatic carbocycles. The summed E-state index contributed by atoms with van der Waals surface area (Å²) in [6.07, 6.45) is 3.07. The Morgan fingerprint density at radius 3 is 3.00 bits per heavy atom. The number of nitrogens with one attached hydrogen (secondary N) is 1. The van der Waals surface area contributed by atoms with Crippen molar-refractivity contribution < 1.29 is 19.0 Å². The van der Waals surface area contributed by atoms with Crippen LogP contribution in [-0.4, -0.2) is 30.5 Å². The standard InChI is InChI=1S/C18H23NO4/c1-3-21-18(20)17-12(2)16-13(7-6-8-14(16)19-17)11-23-15-9-4-5-10-22-15/h6-8,15,19H,3-5,9-11H2,1-2H3. The molecular formula is C18H23NO4. The summed E-state index contributed by atoms with van der Waals surface area (Å²) in [7, 11) is 0.